The highest BCUT2D eigenvalue weighted by atomic mass is 16.5. The topological polar surface area (TPSA) is 73.2 Å². The van der Waals surface area contributed by atoms with Gasteiger partial charge in [-0.3, -0.25) is 9.59 Å². The molecule has 2 rings (SSSR count). The zero-order valence-corrected chi connectivity index (χ0v) is 8.97. The zero-order chi connectivity index (χ0) is 11.5. The molecule has 16 heavy (non-hydrogen) atoms. The molecule has 1 atom stereocenters. The molecule has 0 aliphatic carbocycles. The van der Waals surface area contributed by atoms with E-state index >= 15 is 0 Å². The van der Waals surface area contributed by atoms with Crippen molar-refractivity contribution in [3.8, 4) is 0 Å². The fourth-order valence-corrected chi connectivity index (χ4v) is 1.75. The Balaban J connectivity index is 2.00. The predicted molar refractivity (Wildman–Crippen MR) is 54.8 cm³/mol. The monoisotopic (exact) mass is 223 g/mol. The molecule has 2 heterocycles. The largest absolute Gasteiger partial charge is 0.466 e. The van der Waals surface area contributed by atoms with Crippen molar-refractivity contribution in [3.63, 3.8) is 0 Å². The average molecular weight is 223 g/mol. The molecule has 0 aromatic carbocycles. The fourth-order valence-electron chi connectivity index (χ4n) is 1.75. The third kappa shape index (κ3) is 2.05. The molecule has 86 valence electrons. The molecule has 1 aliphatic heterocycles. The highest BCUT2D eigenvalue weighted by Crippen LogP contribution is 2.17. The Hall–Kier alpha value is -1.85. The Labute approximate surface area is 92.6 Å². The third-order valence-electron chi connectivity index (χ3n) is 2.55. The number of esters is 1. The van der Waals surface area contributed by atoms with Crippen LogP contribution < -0.4 is 5.32 Å². The van der Waals surface area contributed by atoms with Crippen LogP contribution in [0.2, 0.25) is 0 Å². The Morgan fingerprint density at radius 3 is 3.31 bits per heavy atom. The first-order chi connectivity index (χ1) is 7.68. The Morgan fingerprint density at radius 1 is 1.75 bits per heavy atom. The number of nitrogens with one attached hydrogen (secondary N) is 1. The van der Waals surface area contributed by atoms with E-state index < -0.39 is 0 Å². The number of hydrogen-bond donors (Lipinski definition) is 1. The van der Waals surface area contributed by atoms with Gasteiger partial charge >= 0.3 is 5.97 Å². The number of carbonyl (C=O) groups is 2. The van der Waals surface area contributed by atoms with Crippen molar-refractivity contribution < 1.29 is 14.3 Å². The van der Waals surface area contributed by atoms with Gasteiger partial charge in [-0.2, -0.15) is 0 Å². The van der Waals surface area contributed by atoms with E-state index in [1.165, 1.54) is 13.1 Å². The molecule has 1 amide bonds. The van der Waals surface area contributed by atoms with Crippen molar-refractivity contribution in [3.05, 3.63) is 18.2 Å². The van der Waals surface area contributed by atoms with Gasteiger partial charge in [-0.25, -0.2) is 4.98 Å². The number of carbonyl (C=O) groups excluding carboxylic acids is 2. The molecular formula is C10H13N3O3. The SMILES string of the molecule is CC(=O)OCCC1CNC(=O)c2cncn21. The number of imidazole rings is 1. The van der Waals surface area contributed by atoms with Crippen LogP contribution in [-0.2, 0) is 9.53 Å². The lowest BCUT2D eigenvalue weighted by Crippen LogP contribution is -2.38. The van der Waals surface area contributed by atoms with Gasteiger partial charge in [-0.15, -0.1) is 0 Å². The summed E-state index contributed by atoms with van der Waals surface area (Å²) in [5.74, 6) is -0.396. The van der Waals surface area contributed by atoms with E-state index in [0.717, 1.165) is 0 Å². The molecule has 1 aliphatic rings. The lowest BCUT2D eigenvalue weighted by atomic mass is 10.1. The van der Waals surface area contributed by atoms with Crippen molar-refractivity contribution >= 4 is 11.9 Å². The van der Waals surface area contributed by atoms with E-state index in [9.17, 15) is 9.59 Å². The number of ether oxygens (including phenoxy) is 1. The first-order valence-corrected chi connectivity index (χ1v) is 5.12. The summed E-state index contributed by atoms with van der Waals surface area (Å²) in [5, 5.41) is 2.77. The van der Waals surface area contributed by atoms with Gasteiger partial charge in [-0.05, 0) is 0 Å². The van der Waals surface area contributed by atoms with Crippen molar-refractivity contribution in [2.45, 2.75) is 19.4 Å². The zero-order valence-electron chi connectivity index (χ0n) is 8.97. The van der Waals surface area contributed by atoms with E-state index in [1.807, 2.05) is 4.57 Å². The van der Waals surface area contributed by atoms with Crippen LogP contribution in [0, 0.1) is 0 Å². The molecule has 1 N–H and O–H groups in total. The summed E-state index contributed by atoms with van der Waals surface area (Å²) >= 11 is 0. The summed E-state index contributed by atoms with van der Waals surface area (Å²) in [6.45, 7) is 2.28. The van der Waals surface area contributed by atoms with E-state index in [-0.39, 0.29) is 17.9 Å². The maximum Gasteiger partial charge on any atom is 0.302 e. The molecule has 0 fully saturated rings. The van der Waals surface area contributed by atoms with Crippen molar-refractivity contribution in [1.29, 1.82) is 0 Å². The van der Waals surface area contributed by atoms with Crippen LogP contribution in [0.4, 0.5) is 0 Å². The number of amides is 1. The maximum absolute atomic E-state index is 11.4. The summed E-state index contributed by atoms with van der Waals surface area (Å²) in [4.78, 5) is 26.0. The third-order valence-corrected chi connectivity index (χ3v) is 2.55. The summed E-state index contributed by atoms with van der Waals surface area (Å²) in [7, 11) is 0. The van der Waals surface area contributed by atoms with E-state index in [4.69, 9.17) is 4.74 Å². The fraction of sp³-hybridized carbons (Fsp3) is 0.500. The molecule has 0 saturated carbocycles. The molecule has 6 nitrogen and oxygen atoms in total. The summed E-state index contributed by atoms with van der Waals surface area (Å²) < 4.78 is 6.70. The van der Waals surface area contributed by atoms with Gasteiger partial charge in [0.2, 0.25) is 0 Å². The van der Waals surface area contributed by atoms with Crippen LogP contribution in [0.25, 0.3) is 0 Å². The van der Waals surface area contributed by atoms with Gasteiger partial charge < -0.3 is 14.6 Å². The Morgan fingerprint density at radius 2 is 2.56 bits per heavy atom. The first-order valence-electron chi connectivity index (χ1n) is 5.12. The second kappa shape index (κ2) is 4.34. The average Bonchev–Trinajstić information content (AvgIpc) is 2.70. The molecular weight excluding hydrogens is 210 g/mol. The van der Waals surface area contributed by atoms with Gasteiger partial charge in [0.05, 0.1) is 25.2 Å². The molecule has 6 heteroatoms. The highest BCUT2D eigenvalue weighted by molar-refractivity contribution is 5.93. The maximum atomic E-state index is 11.4. The highest BCUT2D eigenvalue weighted by Gasteiger charge is 2.24. The second-order valence-electron chi connectivity index (χ2n) is 3.68. The van der Waals surface area contributed by atoms with Crippen LogP contribution >= 0.6 is 0 Å². The van der Waals surface area contributed by atoms with Crippen LogP contribution in [0.15, 0.2) is 12.5 Å². The summed E-state index contributed by atoms with van der Waals surface area (Å²) in [6.07, 6.45) is 3.84. The van der Waals surface area contributed by atoms with Gasteiger partial charge in [-0.1, -0.05) is 0 Å². The molecule has 1 aromatic heterocycles. The first kappa shape index (κ1) is 10.7. The molecule has 0 spiro atoms. The van der Waals surface area contributed by atoms with Gasteiger partial charge in [0.25, 0.3) is 5.91 Å². The van der Waals surface area contributed by atoms with Crippen LogP contribution in [0.1, 0.15) is 29.9 Å². The van der Waals surface area contributed by atoms with E-state index in [1.54, 1.807) is 6.33 Å². The normalized spacial score (nSPS) is 18.8. The van der Waals surface area contributed by atoms with Gasteiger partial charge in [0, 0.05) is 19.9 Å². The standard InChI is InChI=1S/C10H13N3O3/c1-7(14)16-3-2-8-4-12-10(15)9-5-11-6-13(8)9/h5-6,8H,2-4H2,1H3,(H,12,15). The quantitative estimate of drug-likeness (QED) is 0.739. The van der Waals surface area contributed by atoms with Gasteiger partial charge in [0.1, 0.15) is 5.69 Å². The molecule has 0 bridgehead atoms. The number of aromatic nitrogens is 2. The molecule has 0 saturated heterocycles. The number of rotatable bonds is 3. The van der Waals surface area contributed by atoms with E-state index in [2.05, 4.69) is 10.3 Å². The number of fused-ring (bicyclic) bond motifs is 1. The minimum absolute atomic E-state index is 0.106. The lowest BCUT2D eigenvalue weighted by Gasteiger charge is -2.25. The Bertz CT molecular complexity index is 413. The smallest absolute Gasteiger partial charge is 0.302 e. The van der Waals surface area contributed by atoms with Crippen molar-refractivity contribution in [2.24, 2.45) is 0 Å². The Kier molecular flexibility index (Phi) is 2.89. The number of nitrogens with zero attached hydrogens (tertiary/aromatic N) is 2. The van der Waals surface area contributed by atoms with Crippen molar-refractivity contribution in [2.75, 3.05) is 13.2 Å². The molecule has 1 aromatic rings. The van der Waals surface area contributed by atoms with Crippen molar-refractivity contribution in [1.82, 2.24) is 14.9 Å². The summed E-state index contributed by atoms with van der Waals surface area (Å²) in [6, 6.07) is 0.106. The molecule has 1 unspecified atom stereocenters. The van der Waals surface area contributed by atoms with Crippen LogP contribution in [-0.4, -0.2) is 34.6 Å². The lowest BCUT2D eigenvalue weighted by molar-refractivity contribution is -0.141. The second-order valence-corrected chi connectivity index (χ2v) is 3.68. The van der Waals surface area contributed by atoms with E-state index in [0.29, 0.717) is 25.3 Å². The minimum Gasteiger partial charge on any atom is -0.466 e. The van der Waals surface area contributed by atoms with Crippen LogP contribution in [0.3, 0.4) is 0 Å². The molecule has 0 radical (unpaired) electrons. The van der Waals surface area contributed by atoms with Gasteiger partial charge in [0.15, 0.2) is 0 Å². The summed E-state index contributed by atoms with van der Waals surface area (Å²) in [5.41, 5.74) is 0.555. The predicted octanol–water partition coefficient (Wildman–Crippen LogP) is 0.121. The number of hydrogen-bond acceptors (Lipinski definition) is 4. The van der Waals surface area contributed by atoms with Crippen LogP contribution in [0.5, 0.6) is 0 Å². The minimum atomic E-state index is -0.286.